The van der Waals surface area contributed by atoms with Crippen LogP contribution in [-0.2, 0) is 0 Å². The van der Waals surface area contributed by atoms with Crippen molar-refractivity contribution in [1.82, 2.24) is 9.97 Å². The molecule has 0 aliphatic carbocycles. The number of rotatable bonds is 5. The number of hydrogen-bond acceptors (Lipinski definition) is 6. The molecule has 2 aromatic carbocycles. The second-order valence-corrected chi connectivity index (χ2v) is 5.26. The van der Waals surface area contributed by atoms with Crippen LogP contribution in [0, 0.1) is 10.1 Å². The van der Waals surface area contributed by atoms with Crippen LogP contribution in [0.15, 0.2) is 60.9 Å². The topological polar surface area (TPSA) is 107 Å². The number of nitrogens with one attached hydrogen (secondary N) is 1. The molecule has 0 radical (unpaired) electrons. The molecule has 0 bridgehead atoms. The van der Waals surface area contributed by atoms with E-state index < -0.39 is 10.8 Å². The number of benzene rings is 2. The van der Waals surface area contributed by atoms with E-state index in [2.05, 4.69) is 15.3 Å². The summed E-state index contributed by atoms with van der Waals surface area (Å²) in [6.45, 7) is 0. The second kappa shape index (κ2) is 7.39. The zero-order valence-electron chi connectivity index (χ0n) is 13.7. The summed E-state index contributed by atoms with van der Waals surface area (Å²) in [5.74, 6) is 0.109. The summed E-state index contributed by atoms with van der Waals surface area (Å²) in [7, 11) is 1.33. The summed E-state index contributed by atoms with van der Waals surface area (Å²) < 4.78 is 4.92. The minimum atomic E-state index is -0.604. The van der Waals surface area contributed by atoms with Gasteiger partial charge in [0.25, 0.3) is 5.91 Å². The van der Waals surface area contributed by atoms with Crippen LogP contribution in [0.4, 0.5) is 11.4 Å². The van der Waals surface area contributed by atoms with Crippen LogP contribution in [0.5, 0.6) is 5.75 Å². The van der Waals surface area contributed by atoms with Gasteiger partial charge in [-0.2, -0.15) is 0 Å². The standard InChI is InChI=1S/C18H14N4O4/c1-26-16-8-7-13(9-15(16)22(24)25)18(23)21-14-10-19-17(20-11-14)12-5-3-2-4-6-12/h2-11H,1H3,(H,21,23). The van der Waals surface area contributed by atoms with Gasteiger partial charge >= 0.3 is 5.69 Å². The van der Waals surface area contributed by atoms with Gasteiger partial charge in [0.15, 0.2) is 11.6 Å². The molecule has 0 fully saturated rings. The maximum absolute atomic E-state index is 12.3. The number of methoxy groups -OCH3 is 1. The minimum Gasteiger partial charge on any atom is -0.490 e. The van der Waals surface area contributed by atoms with Crippen LogP contribution < -0.4 is 10.1 Å². The fourth-order valence-corrected chi connectivity index (χ4v) is 2.31. The number of aromatic nitrogens is 2. The third-order valence-electron chi connectivity index (χ3n) is 3.58. The van der Waals surface area contributed by atoms with E-state index in [0.717, 1.165) is 11.6 Å². The first-order chi connectivity index (χ1) is 12.6. The quantitative estimate of drug-likeness (QED) is 0.559. The van der Waals surface area contributed by atoms with E-state index in [-0.39, 0.29) is 17.0 Å². The number of amides is 1. The van der Waals surface area contributed by atoms with Crippen LogP contribution in [0.2, 0.25) is 0 Å². The van der Waals surface area contributed by atoms with E-state index in [1.54, 1.807) is 0 Å². The molecule has 1 heterocycles. The molecule has 8 nitrogen and oxygen atoms in total. The van der Waals surface area contributed by atoms with Gasteiger partial charge in [0.1, 0.15) is 0 Å². The van der Waals surface area contributed by atoms with Gasteiger partial charge in [0.2, 0.25) is 0 Å². The molecule has 1 amide bonds. The molecule has 26 heavy (non-hydrogen) atoms. The number of anilines is 1. The number of hydrogen-bond donors (Lipinski definition) is 1. The van der Waals surface area contributed by atoms with Crippen molar-refractivity contribution in [2.24, 2.45) is 0 Å². The Morgan fingerprint density at radius 1 is 1.12 bits per heavy atom. The summed E-state index contributed by atoms with van der Waals surface area (Å²) in [6, 6.07) is 13.4. The zero-order valence-corrected chi connectivity index (χ0v) is 13.7. The van der Waals surface area contributed by atoms with Crippen LogP contribution in [0.1, 0.15) is 10.4 Å². The van der Waals surface area contributed by atoms with E-state index in [1.807, 2.05) is 30.3 Å². The maximum Gasteiger partial charge on any atom is 0.311 e. The predicted octanol–water partition coefficient (Wildman–Crippen LogP) is 3.31. The van der Waals surface area contributed by atoms with Crippen LogP contribution in [-0.4, -0.2) is 27.9 Å². The molecule has 0 aliphatic rings. The Hall–Kier alpha value is -3.81. The van der Waals surface area contributed by atoms with Crippen molar-refractivity contribution in [3.05, 3.63) is 76.6 Å². The lowest BCUT2D eigenvalue weighted by Crippen LogP contribution is -2.13. The molecule has 0 unspecified atom stereocenters. The van der Waals surface area contributed by atoms with Crippen molar-refractivity contribution in [3.8, 4) is 17.1 Å². The van der Waals surface area contributed by atoms with Gasteiger partial charge in [-0.1, -0.05) is 30.3 Å². The molecular weight excluding hydrogens is 336 g/mol. The van der Waals surface area contributed by atoms with Gasteiger partial charge in [-0.3, -0.25) is 14.9 Å². The number of nitro groups is 1. The van der Waals surface area contributed by atoms with E-state index in [0.29, 0.717) is 11.5 Å². The molecule has 130 valence electrons. The molecule has 0 aliphatic heterocycles. The van der Waals surface area contributed by atoms with E-state index >= 15 is 0 Å². The lowest BCUT2D eigenvalue weighted by Gasteiger charge is -2.07. The molecule has 1 N–H and O–H groups in total. The molecule has 1 aromatic heterocycles. The van der Waals surface area contributed by atoms with Gasteiger partial charge in [-0.15, -0.1) is 0 Å². The van der Waals surface area contributed by atoms with Crippen molar-refractivity contribution in [2.75, 3.05) is 12.4 Å². The van der Waals surface area contributed by atoms with Crippen molar-refractivity contribution >= 4 is 17.3 Å². The molecule has 3 rings (SSSR count). The van der Waals surface area contributed by atoms with E-state index in [1.165, 1.54) is 31.6 Å². The summed E-state index contributed by atoms with van der Waals surface area (Å²) in [6.07, 6.45) is 2.95. The highest BCUT2D eigenvalue weighted by Gasteiger charge is 2.18. The van der Waals surface area contributed by atoms with Gasteiger partial charge in [-0.05, 0) is 12.1 Å². The Morgan fingerprint density at radius 3 is 2.42 bits per heavy atom. The summed E-state index contributed by atoms with van der Waals surface area (Å²) in [5, 5.41) is 13.7. The normalized spacial score (nSPS) is 10.2. The Kier molecular flexibility index (Phi) is 4.84. The third-order valence-corrected chi connectivity index (χ3v) is 3.58. The van der Waals surface area contributed by atoms with Crippen molar-refractivity contribution in [3.63, 3.8) is 0 Å². The monoisotopic (exact) mass is 350 g/mol. The summed E-state index contributed by atoms with van der Waals surface area (Å²) in [5.41, 5.74) is 1.09. The first-order valence-corrected chi connectivity index (χ1v) is 7.59. The number of carbonyl (C=O) groups is 1. The third kappa shape index (κ3) is 3.64. The minimum absolute atomic E-state index is 0.0853. The second-order valence-electron chi connectivity index (χ2n) is 5.26. The SMILES string of the molecule is COc1ccc(C(=O)Nc2cnc(-c3ccccc3)nc2)cc1[N+](=O)[O-]. The maximum atomic E-state index is 12.3. The number of nitrogens with zero attached hydrogens (tertiary/aromatic N) is 3. The average molecular weight is 350 g/mol. The Labute approximate surface area is 148 Å². The highest BCUT2D eigenvalue weighted by Crippen LogP contribution is 2.27. The lowest BCUT2D eigenvalue weighted by atomic mass is 10.1. The zero-order chi connectivity index (χ0) is 18.5. The van der Waals surface area contributed by atoms with Crippen LogP contribution in [0.3, 0.4) is 0 Å². The number of nitro benzene ring substituents is 1. The van der Waals surface area contributed by atoms with Crippen molar-refractivity contribution in [1.29, 1.82) is 0 Å². The molecule has 0 spiro atoms. The van der Waals surface area contributed by atoms with E-state index in [4.69, 9.17) is 4.74 Å². The average Bonchev–Trinajstić information content (AvgIpc) is 2.68. The fourth-order valence-electron chi connectivity index (χ4n) is 2.31. The van der Waals surface area contributed by atoms with E-state index in [9.17, 15) is 14.9 Å². The molecule has 3 aromatic rings. The predicted molar refractivity (Wildman–Crippen MR) is 95.1 cm³/mol. The highest BCUT2D eigenvalue weighted by atomic mass is 16.6. The smallest absolute Gasteiger partial charge is 0.311 e. The first-order valence-electron chi connectivity index (χ1n) is 7.59. The molecular formula is C18H14N4O4. The highest BCUT2D eigenvalue weighted by molar-refractivity contribution is 6.04. The Balaban J connectivity index is 1.78. The van der Waals surface area contributed by atoms with Gasteiger partial charge in [0, 0.05) is 17.2 Å². The van der Waals surface area contributed by atoms with Gasteiger partial charge < -0.3 is 10.1 Å². The lowest BCUT2D eigenvalue weighted by molar-refractivity contribution is -0.385. The molecule has 0 atom stereocenters. The Bertz CT molecular complexity index is 943. The largest absolute Gasteiger partial charge is 0.490 e. The first kappa shape index (κ1) is 17.0. The van der Waals surface area contributed by atoms with Gasteiger partial charge in [-0.25, -0.2) is 9.97 Å². The van der Waals surface area contributed by atoms with Crippen LogP contribution in [0.25, 0.3) is 11.4 Å². The molecule has 0 saturated carbocycles. The number of carbonyl (C=O) groups excluding carboxylic acids is 1. The van der Waals surface area contributed by atoms with Crippen molar-refractivity contribution in [2.45, 2.75) is 0 Å². The Morgan fingerprint density at radius 2 is 1.81 bits per heavy atom. The van der Waals surface area contributed by atoms with Crippen LogP contribution >= 0.6 is 0 Å². The summed E-state index contributed by atoms with van der Waals surface area (Å²) >= 11 is 0. The molecule has 8 heteroatoms. The van der Waals surface area contributed by atoms with Crippen molar-refractivity contribution < 1.29 is 14.5 Å². The fraction of sp³-hybridized carbons (Fsp3) is 0.0556. The summed E-state index contributed by atoms with van der Waals surface area (Å²) in [4.78, 5) is 31.2. The number of ether oxygens (including phenoxy) is 1. The van der Waals surface area contributed by atoms with Gasteiger partial charge in [0.05, 0.1) is 30.1 Å². The molecule has 0 saturated heterocycles.